The molecular weight excluding hydrogens is 394 g/mol. The Kier molecular flexibility index (Phi) is 5.38. The van der Waals surface area contributed by atoms with E-state index in [4.69, 9.17) is 10.5 Å². The van der Waals surface area contributed by atoms with Crippen LogP contribution >= 0.6 is 0 Å². The molecule has 1 aromatic heterocycles. The molecule has 0 aliphatic rings. The van der Waals surface area contributed by atoms with E-state index in [1.54, 1.807) is 56.3 Å². The largest absolute Gasteiger partial charge is 0.469 e. The van der Waals surface area contributed by atoms with Crippen LogP contribution in [0.3, 0.4) is 0 Å². The predicted molar refractivity (Wildman–Crippen MR) is 110 cm³/mol. The molecular formula is C20H23N3O5S. The first kappa shape index (κ1) is 20.8. The first-order valence-electron chi connectivity index (χ1n) is 8.99. The summed E-state index contributed by atoms with van der Waals surface area (Å²) in [6.45, 7) is 3.09. The number of aliphatic hydroxyl groups is 1. The number of carbonyl (C=O) groups excluding carboxylic acids is 1. The molecule has 0 spiro atoms. The second-order valence-electron chi connectivity index (χ2n) is 7.01. The number of hydrogen-bond acceptors (Lipinski definition) is 7. The number of nitrogen functional groups attached to an aromatic ring is 1. The summed E-state index contributed by atoms with van der Waals surface area (Å²) in [6.07, 6.45) is -0.348. The summed E-state index contributed by atoms with van der Waals surface area (Å²) in [5.74, 6) is -0.777. The van der Waals surface area contributed by atoms with Crippen molar-refractivity contribution < 1.29 is 23.1 Å². The van der Waals surface area contributed by atoms with Crippen LogP contribution in [0.25, 0.3) is 11.0 Å². The van der Waals surface area contributed by atoms with Gasteiger partial charge in [0.25, 0.3) is 0 Å². The molecule has 0 saturated carbocycles. The Morgan fingerprint density at radius 1 is 1.21 bits per heavy atom. The molecule has 8 nitrogen and oxygen atoms in total. The second kappa shape index (κ2) is 7.49. The summed E-state index contributed by atoms with van der Waals surface area (Å²) in [7, 11) is -2.55. The molecule has 3 rings (SSSR count). The standard InChI is InChI=1S/C20H23N3O5S/c1-13(2)29(26,27)23-17-11-15(9-10-16(17)22-19(23)21)20(25,12-18(24)28-3)14-7-5-4-6-8-14/h4-11,13,25H,12H2,1-3H3,(H2,21,22). The van der Waals surface area contributed by atoms with Crippen LogP contribution in [0.5, 0.6) is 0 Å². The third-order valence-corrected chi connectivity index (χ3v) is 6.93. The van der Waals surface area contributed by atoms with Crippen molar-refractivity contribution in [2.45, 2.75) is 31.1 Å². The number of rotatable bonds is 6. The van der Waals surface area contributed by atoms with Crippen molar-refractivity contribution in [3.05, 3.63) is 59.7 Å². The molecule has 3 N–H and O–H groups in total. The number of nitrogens with two attached hydrogens (primary N) is 1. The van der Waals surface area contributed by atoms with Gasteiger partial charge in [0.05, 0.1) is 29.8 Å². The maximum Gasteiger partial charge on any atom is 0.309 e. The number of benzene rings is 2. The normalized spacial score (nSPS) is 14.1. The second-order valence-corrected chi connectivity index (χ2v) is 9.35. The Bertz CT molecular complexity index is 1160. The fraction of sp³-hybridized carbons (Fsp3) is 0.300. The Labute approximate surface area is 169 Å². The molecule has 0 bridgehead atoms. The average molecular weight is 417 g/mol. The van der Waals surface area contributed by atoms with Gasteiger partial charge in [-0.1, -0.05) is 36.4 Å². The van der Waals surface area contributed by atoms with Gasteiger partial charge in [-0.2, -0.15) is 0 Å². The number of fused-ring (bicyclic) bond motifs is 1. The molecule has 0 aliphatic heterocycles. The maximum atomic E-state index is 12.8. The molecule has 2 aromatic carbocycles. The number of aromatic nitrogens is 2. The summed E-state index contributed by atoms with van der Waals surface area (Å²) >= 11 is 0. The van der Waals surface area contributed by atoms with Gasteiger partial charge in [-0.05, 0) is 37.1 Å². The average Bonchev–Trinajstić information content (AvgIpc) is 3.03. The van der Waals surface area contributed by atoms with Gasteiger partial charge in [0.15, 0.2) is 0 Å². The van der Waals surface area contributed by atoms with Crippen molar-refractivity contribution in [2.75, 3.05) is 12.8 Å². The van der Waals surface area contributed by atoms with Gasteiger partial charge >= 0.3 is 5.97 Å². The molecule has 1 atom stereocenters. The van der Waals surface area contributed by atoms with Crippen LogP contribution in [0.1, 0.15) is 31.4 Å². The van der Waals surface area contributed by atoms with E-state index in [0.29, 0.717) is 16.6 Å². The Hall–Kier alpha value is -2.91. The van der Waals surface area contributed by atoms with Crippen molar-refractivity contribution in [3.8, 4) is 0 Å². The van der Waals surface area contributed by atoms with Crippen molar-refractivity contribution in [3.63, 3.8) is 0 Å². The molecule has 3 aromatic rings. The third kappa shape index (κ3) is 3.58. The predicted octanol–water partition coefficient (Wildman–Crippen LogP) is 2.00. The van der Waals surface area contributed by atoms with E-state index in [9.17, 15) is 18.3 Å². The van der Waals surface area contributed by atoms with E-state index in [2.05, 4.69) is 4.98 Å². The number of methoxy groups -OCH3 is 1. The van der Waals surface area contributed by atoms with Crippen LogP contribution in [0, 0.1) is 0 Å². The van der Waals surface area contributed by atoms with Crippen LogP contribution in [-0.4, -0.2) is 40.8 Å². The maximum absolute atomic E-state index is 12.8. The summed E-state index contributed by atoms with van der Waals surface area (Å²) in [4.78, 5) is 16.2. The highest BCUT2D eigenvalue weighted by Crippen LogP contribution is 2.35. The fourth-order valence-electron chi connectivity index (χ4n) is 3.17. The van der Waals surface area contributed by atoms with Gasteiger partial charge < -0.3 is 15.6 Å². The molecule has 9 heteroatoms. The first-order valence-corrected chi connectivity index (χ1v) is 10.5. The van der Waals surface area contributed by atoms with Crippen molar-refractivity contribution in [1.82, 2.24) is 8.96 Å². The first-order chi connectivity index (χ1) is 13.6. The molecule has 0 saturated heterocycles. The highest BCUT2D eigenvalue weighted by Gasteiger charge is 2.36. The molecule has 0 amide bonds. The molecule has 0 fully saturated rings. The lowest BCUT2D eigenvalue weighted by molar-refractivity contribution is -0.145. The summed E-state index contributed by atoms with van der Waals surface area (Å²) < 4.78 is 31.3. The van der Waals surface area contributed by atoms with Crippen LogP contribution < -0.4 is 5.73 Å². The van der Waals surface area contributed by atoms with Crippen LogP contribution in [0.4, 0.5) is 5.95 Å². The van der Waals surface area contributed by atoms with E-state index in [1.807, 2.05) is 0 Å². The van der Waals surface area contributed by atoms with E-state index in [-0.39, 0.29) is 17.9 Å². The minimum atomic E-state index is -3.79. The van der Waals surface area contributed by atoms with Crippen molar-refractivity contribution in [2.24, 2.45) is 0 Å². The number of nitrogens with zero attached hydrogens (tertiary/aromatic N) is 2. The van der Waals surface area contributed by atoms with E-state index in [0.717, 1.165) is 3.97 Å². The Morgan fingerprint density at radius 3 is 2.45 bits per heavy atom. The molecule has 1 unspecified atom stereocenters. The molecule has 0 aliphatic carbocycles. The van der Waals surface area contributed by atoms with Crippen LogP contribution in [0.2, 0.25) is 0 Å². The van der Waals surface area contributed by atoms with E-state index < -0.39 is 26.8 Å². The van der Waals surface area contributed by atoms with Gasteiger partial charge in [-0.15, -0.1) is 0 Å². The van der Waals surface area contributed by atoms with Gasteiger partial charge in [0.1, 0.15) is 5.60 Å². The number of esters is 1. The third-order valence-electron chi connectivity index (χ3n) is 4.84. The zero-order valence-electron chi connectivity index (χ0n) is 16.4. The van der Waals surface area contributed by atoms with Crippen LogP contribution in [0.15, 0.2) is 48.5 Å². The minimum absolute atomic E-state index is 0.165. The SMILES string of the molecule is COC(=O)CC(O)(c1ccccc1)c1ccc2nc(N)n(S(=O)(=O)C(C)C)c2c1. The summed E-state index contributed by atoms with van der Waals surface area (Å²) in [6, 6.07) is 13.3. The number of hydrogen-bond donors (Lipinski definition) is 2. The quantitative estimate of drug-likeness (QED) is 0.588. The minimum Gasteiger partial charge on any atom is -0.469 e. The smallest absolute Gasteiger partial charge is 0.309 e. The highest BCUT2D eigenvalue weighted by atomic mass is 32.2. The van der Waals surface area contributed by atoms with Gasteiger partial charge in [-0.3, -0.25) is 4.79 Å². The van der Waals surface area contributed by atoms with Gasteiger partial charge in [-0.25, -0.2) is 17.4 Å². The fourth-order valence-corrected chi connectivity index (χ4v) is 4.32. The molecule has 0 radical (unpaired) electrons. The number of anilines is 1. The monoisotopic (exact) mass is 417 g/mol. The summed E-state index contributed by atoms with van der Waals surface area (Å²) in [5.41, 5.74) is 5.54. The zero-order valence-corrected chi connectivity index (χ0v) is 17.2. The summed E-state index contributed by atoms with van der Waals surface area (Å²) in [5, 5.41) is 10.8. The Balaban J connectivity index is 2.27. The van der Waals surface area contributed by atoms with E-state index in [1.165, 1.54) is 13.2 Å². The molecule has 29 heavy (non-hydrogen) atoms. The number of imidazole rings is 1. The van der Waals surface area contributed by atoms with E-state index >= 15 is 0 Å². The van der Waals surface area contributed by atoms with Gasteiger partial charge in [0, 0.05) is 0 Å². The van der Waals surface area contributed by atoms with Gasteiger partial charge in [0.2, 0.25) is 16.0 Å². The number of carbonyl (C=O) groups is 1. The number of ether oxygens (including phenoxy) is 1. The lowest BCUT2D eigenvalue weighted by Gasteiger charge is -2.28. The lowest BCUT2D eigenvalue weighted by Crippen LogP contribution is -2.31. The molecule has 154 valence electrons. The topological polar surface area (TPSA) is 125 Å². The van der Waals surface area contributed by atoms with Crippen molar-refractivity contribution >= 4 is 33.0 Å². The Morgan fingerprint density at radius 2 is 1.86 bits per heavy atom. The van der Waals surface area contributed by atoms with Crippen LogP contribution in [-0.2, 0) is 25.2 Å². The zero-order chi connectivity index (χ0) is 21.4. The van der Waals surface area contributed by atoms with Crippen molar-refractivity contribution in [1.29, 1.82) is 0 Å². The highest BCUT2D eigenvalue weighted by molar-refractivity contribution is 7.90. The lowest BCUT2D eigenvalue weighted by atomic mass is 9.83. The molecule has 1 heterocycles.